The minimum absolute atomic E-state index is 0.0165. The molecule has 1 aliphatic rings. The van der Waals surface area contributed by atoms with E-state index < -0.39 is 0 Å². The molecule has 1 saturated heterocycles. The number of hydrogen-bond donors (Lipinski definition) is 0. The number of anilines is 1. The zero-order chi connectivity index (χ0) is 19.3. The molecular formula is C21H22N4O2S. The topological polar surface area (TPSA) is 58.6 Å². The zero-order valence-corrected chi connectivity index (χ0v) is 16.6. The summed E-state index contributed by atoms with van der Waals surface area (Å²) in [5.41, 5.74) is 1.51. The fourth-order valence-electron chi connectivity index (χ4n) is 3.28. The van der Waals surface area contributed by atoms with E-state index in [1.807, 2.05) is 65.7 Å². The van der Waals surface area contributed by atoms with Crippen LogP contribution >= 0.6 is 11.3 Å². The molecule has 0 N–H and O–H groups in total. The number of carbonyl (C=O) groups excluding carboxylic acids is 1. The van der Waals surface area contributed by atoms with E-state index in [9.17, 15) is 4.79 Å². The molecule has 0 atom stereocenters. The van der Waals surface area contributed by atoms with Gasteiger partial charge in [-0.1, -0.05) is 18.2 Å². The number of para-hydroxylation sites is 1. The quantitative estimate of drug-likeness (QED) is 0.662. The standard InChI is InChI=1S/C21H22N4O2S/c1-2-27-18-7-4-3-6-16(18)21(26)25-13-11-24(12-14-25)20-10-9-17(22-23-20)19-8-5-15-28-19/h3-10,15H,2,11-14H2,1H3. The lowest BCUT2D eigenvalue weighted by Gasteiger charge is -2.35. The van der Waals surface area contributed by atoms with E-state index in [0.29, 0.717) is 31.0 Å². The minimum atomic E-state index is 0.0165. The highest BCUT2D eigenvalue weighted by molar-refractivity contribution is 7.13. The van der Waals surface area contributed by atoms with Crippen LogP contribution in [0.1, 0.15) is 17.3 Å². The van der Waals surface area contributed by atoms with Crippen molar-refractivity contribution in [2.75, 3.05) is 37.7 Å². The molecule has 7 heteroatoms. The molecule has 0 spiro atoms. The van der Waals surface area contributed by atoms with E-state index in [1.54, 1.807) is 11.3 Å². The summed E-state index contributed by atoms with van der Waals surface area (Å²) in [6.07, 6.45) is 0. The Morgan fingerprint density at radius 3 is 2.54 bits per heavy atom. The van der Waals surface area contributed by atoms with Gasteiger partial charge >= 0.3 is 0 Å². The first-order chi connectivity index (χ1) is 13.8. The number of hydrogen-bond acceptors (Lipinski definition) is 6. The van der Waals surface area contributed by atoms with Crippen LogP contribution in [0.25, 0.3) is 10.6 Å². The summed E-state index contributed by atoms with van der Waals surface area (Å²) >= 11 is 1.65. The SMILES string of the molecule is CCOc1ccccc1C(=O)N1CCN(c2ccc(-c3cccs3)nn2)CC1. The molecule has 28 heavy (non-hydrogen) atoms. The van der Waals surface area contributed by atoms with E-state index in [2.05, 4.69) is 15.1 Å². The molecule has 4 rings (SSSR count). The predicted molar refractivity (Wildman–Crippen MR) is 111 cm³/mol. The molecule has 6 nitrogen and oxygen atoms in total. The maximum atomic E-state index is 12.9. The molecule has 0 bridgehead atoms. The first kappa shape index (κ1) is 18.4. The highest BCUT2D eigenvalue weighted by Gasteiger charge is 2.25. The molecule has 1 amide bonds. The first-order valence-electron chi connectivity index (χ1n) is 9.40. The van der Waals surface area contributed by atoms with Crippen molar-refractivity contribution in [2.45, 2.75) is 6.92 Å². The number of thiophene rings is 1. The minimum Gasteiger partial charge on any atom is -0.493 e. The van der Waals surface area contributed by atoms with Crippen LogP contribution in [-0.4, -0.2) is 53.8 Å². The van der Waals surface area contributed by atoms with Crippen molar-refractivity contribution in [1.29, 1.82) is 0 Å². The van der Waals surface area contributed by atoms with Gasteiger partial charge in [0, 0.05) is 26.2 Å². The molecule has 3 heterocycles. The maximum absolute atomic E-state index is 12.9. The average Bonchev–Trinajstić information content (AvgIpc) is 3.29. The summed E-state index contributed by atoms with van der Waals surface area (Å²) in [5.74, 6) is 1.51. The number of amides is 1. The Morgan fingerprint density at radius 2 is 1.86 bits per heavy atom. The Kier molecular flexibility index (Phi) is 5.53. The van der Waals surface area contributed by atoms with Crippen LogP contribution in [0, 0.1) is 0 Å². The van der Waals surface area contributed by atoms with Gasteiger partial charge in [-0.25, -0.2) is 0 Å². The number of benzene rings is 1. The molecular weight excluding hydrogens is 372 g/mol. The van der Waals surface area contributed by atoms with Gasteiger partial charge in [0.15, 0.2) is 5.82 Å². The third kappa shape index (κ3) is 3.84. The van der Waals surface area contributed by atoms with E-state index in [4.69, 9.17) is 4.74 Å². The number of aromatic nitrogens is 2. The number of ether oxygens (including phenoxy) is 1. The van der Waals surface area contributed by atoms with Crippen molar-refractivity contribution in [3.8, 4) is 16.3 Å². The summed E-state index contributed by atoms with van der Waals surface area (Å²) in [7, 11) is 0. The number of piperazine rings is 1. The maximum Gasteiger partial charge on any atom is 0.257 e. The van der Waals surface area contributed by atoms with Gasteiger partial charge in [-0.2, -0.15) is 0 Å². The molecule has 1 aliphatic heterocycles. The fraction of sp³-hybridized carbons (Fsp3) is 0.286. The van der Waals surface area contributed by atoms with Gasteiger partial charge in [-0.15, -0.1) is 21.5 Å². The van der Waals surface area contributed by atoms with Crippen LogP contribution in [-0.2, 0) is 0 Å². The van der Waals surface area contributed by atoms with Crippen LogP contribution < -0.4 is 9.64 Å². The van der Waals surface area contributed by atoms with Gasteiger partial charge < -0.3 is 14.5 Å². The van der Waals surface area contributed by atoms with Gasteiger partial charge in [0.05, 0.1) is 17.0 Å². The van der Waals surface area contributed by atoms with Crippen LogP contribution in [0.4, 0.5) is 5.82 Å². The fourth-order valence-corrected chi connectivity index (χ4v) is 3.97. The van der Waals surface area contributed by atoms with Crippen molar-refractivity contribution in [3.63, 3.8) is 0 Å². The Labute approximate surface area is 168 Å². The Balaban J connectivity index is 1.40. The second kappa shape index (κ2) is 8.39. The molecule has 0 saturated carbocycles. The molecule has 2 aromatic heterocycles. The smallest absolute Gasteiger partial charge is 0.257 e. The summed E-state index contributed by atoms with van der Waals surface area (Å²) in [5, 5.41) is 10.8. The van der Waals surface area contributed by atoms with Gasteiger partial charge in [0.2, 0.25) is 0 Å². The first-order valence-corrected chi connectivity index (χ1v) is 10.3. The van der Waals surface area contributed by atoms with E-state index in [1.165, 1.54) is 0 Å². The normalized spacial score (nSPS) is 14.2. The second-order valence-corrected chi connectivity index (χ2v) is 7.41. The highest BCUT2D eigenvalue weighted by Crippen LogP contribution is 2.24. The van der Waals surface area contributed by atoms with Crippen LogP contribution in [0.15, 0.2) is 53.9 Å². The zero-order valence-electron chi connectivity index (χ0n) is 15.7. The van der Waals surface area contributed by atoms with Crippen molar-refractivity contribution >= 4 is 23.1 Å². The largest absolute Gasteiger partial charge is 0.493 e. The molecule has 0 unspecified atom stereocenters. The third-order valence-electron chi connectivity index (χ3n) is 4.73. The van der Waals surface area contributed by atoms with Crippen LogP contribution in [0.2, 0.25) is 0 Å². The second-order valence-electron chi connectivity index (χ2n) is 6.46. The molecule has 1 aromatic carbocycles. The number of nitrogens with zero attached hydrogens (tertiary/aromatic N) is 4. The molecule has 3 aromatic rings. The Hall–Kier alpha value is -2.93. The Morgan fingerprint density at radius 1 is 1.04 bits per heavy atom. The highest BCUT2D eigenvalue weighted by atomic mass is 32.1. The van der Waals surface area contributed by atoms with Gasteiger partial charge in [0.25, 0.3) is 5.91 Å². The van der Waals surface area contributed by atoms with Crippen molar-refractivity contribution in [2.24, 2.45) is 0 Å². The lowest BCUT2D eigenvalue weighted by Crippen LogP contribution is -2.49. The van der Waals surface area contributed by atoms with Crippen molar-refractivity contribution in [3.05, 3.63) is 59.5 Å². The van der Waals surface area contributed by atoms with Gasteiger partial charge in [0.1, 0.15) is 11.4 Å². The summed E-state index contributed by atoms with van der Waals surface area (Å²) in [6.45, 7) is 5.22. The molecule has 0 aliphatic carbocycles. The summed E-state index contributed by atoms with van der Waals surface area (Å²) in [6, 6.07) is 15.5. The van der Waals surface area contributed by atoms with E-state index >= 15 is 0 Å². The molecule has 0 radical (unpaired) electrons. The lowest BCUT2D eigenvalue weighted by molar-refractivity contribution is 0.0742. The molecule has 144 valence electrons. The number of rotatable bonds is 5. The Bertz CT molecular complexity index is 920. The number of carbonyl (C=O) groups is 1. The molecule has 1 fully saturated rings. The van der Waals surface area contributed by atoms with Crippen molar-refractivity contribution in [1.82, 2.24) is 15.1 Å². The predicted octanol–water partition coefficient (Wildman–Crippen LogP) is 3.57. The average molecular weight is 395 g/mol. The van der Waals surface area contributed by atoms with E-state index in [-0.39, 0.29) is 5.91 Å². The third-order valence-corrected chi connectivity index (χ3v) is 5.62. The van der Waals surface area contributed by atoms with E-state index in [0.717, 1.165) is 29.5 Å². The van der Waals surface area contributed by atoms with Crippen LogP contribution in [0.5, 0.6) is 5.75 Å². The van der Waals surface area contributed by atoms with Gasteiger partial charge in [-0.05, 0) is 42.6 Å². The summed E-state index contributed by atoms with van der Waals surface area (Å²) in [4.78, 5) is 18.1. The monoisotopic (exact) mass is 394 g/mol. The van der Waals surface area contributed by atoms with Crippen LogP contribution in [0.3, 0.4) is 0 Å². The van der Waals surface area contributed by atoms with Gasteiger partial charge in [-0.3, -0.25) is 4.79 Å². The summed E-state index contributed by atoms with van der Waals surface area (Å²) < 4.78 is 5.61. The lowest BCUT2D eigenvalue weighted by atomic mass is 10.1. The van der Waals surface area contributed by atoms with Crippen molar-refractivity contribution < 1.29 is 9.53 Å².